The quantitative estimate of drug-likeness (QED) is 0.798. The van der Waals surface area contributed by atoms with Crippen molar-refractivity contribution < 1.29 is 14.6 Å². The Morgan fingerprint density at radius 2 is 2.00 bits per heavy atom. The lowest BCUT2D eigenvalue weighted by Gasteiger charge is -2.20. The Morgan fingerprint density at radius 1 is 1.44 bits per heavy atom. The van der Waals surface area contributed by atoms with E-state index in [2.05, 4.69) is 0 Å². The van der Waals surface area contributed by atoms with Crippen molar-refractivity contribution in [3.8, 4) is 0 Å². The van der Waals surface area contributed by atoms with E-state index in [1.54, 1.807) is 6.20 Å². The van der Waals surface area contributed by atoms with Crippen LogP contribution in [0.5, 0.6) is 0 Å². The number of nitrogens with zero attached hydrogens (tertiary/aromatic N) is 1. The predicted octanol–water partition coefficient (Wildman–Crippen LogP) is 2.38. The number of rotatable bonds is 1. The topological polar surface area (TPSA) is 51.5 Å². The molecule has 0 bridgehead atoms. The van der Waals surface area contributed by atoms with Crippen LogP contribution in [0.3, 0.4) is 0 Å². The van der Waals surface area contributed by atoms with E-state index in [0.717, 1.165) is 11.1 Å². The molecule has 16 heavy (non-hydrogen) atoms. The zero-order chi connectivity index (χ0) is 12.5. The van der Waals surface area contributed by atoms with Gasteiger partial charge >= 0.3 is 6.09 Å². The van der Waals surface area contributed by atoms with Gasteiger partial charge in [-0.15, -0.1) is 0 Å². The van der Waals surface area contributed by atoms with Gasteiger partial charge in [-0.2, -0.15) is 0 Å². The Hall–Kier alpha value is -1.29. The molecule has 1 aromatic heterocycles. The summed E-state index contributed by atoms with van der Waals surface area (Å²) in [4.78, 5) is 11.8. The maximum absolute atomic E-state index is 11.8. The first-order valence-electron chi connectivity index (χ1n) is 5.28. The van der Waals surface area contributed by atoms with Crippen LogP contribution in [0.1, 0.15) is 37.6 Å². The second-order valence-corrected chi connectivity index (χ2v) is 4.89. The largest absolute Gasteiger partial charge is 0.443 e. The van der Waals surface area contributed by atoms with Crippen LogP contribution in [0.4, 0.5) is 4.79 Å². The Balaban J connectivity index is 3.05. The molecule has 4 heteroatoms. The lowest BCUT2D eigenvalue weighted by molar-refractivity contribution is 0.0525. The third-order valence-electron chi connectivity index (χ3n) is 2.38. The summed E-state index contributed by atoms with van der Waals surface area (Å²) in [6.45, 7) is 9.04. The third kappa shape index (κ3) is 2.64. The highest BCUT2D eigenvalue weighted by atomic mass is 16.6. The summed E-state index contributed by atoms with van der Waals surface area (Å²) in [5, 5.41) is 9.23. The summed E-state index contributed by atoms with van der Waals surface area (Å²) in [5.74, 6) is 0. The van der Waals surface area contributed by atoms with Crippen molar-refractivity contribution in [2.45, 2.75) is 46.8 Å². The molecule has 4 nitrogen and oxygen atoms in total. The van der Waals surface area contributed by atoms with Gasteiger partial charge in [-0.3, -0.25) is 4.57 Å². The lowest BCUT2D eigenvalue weighted by Crippen LogP contribution is -2.27. The number of aliphatic hydroxyl groups excluding tert-OH is 1. The van der Waals surface area contributed by atoms with Crippen molar-refractivity contribution >= 4 is 6.09 Å². The van der Waals surface area contributed by atoms with Crippen LogP contribution in [0, 0.1) is 13.8 Å². The Morgan fingerprint density at radius 3 is 2.44 bits per heavy atom. The highest BCUT2D eigenvalue weighted by molar-refractivity contribution is 5.73. The van der Waals surface area contributed by atoms with E-state index in [0.29, 0.717) is 5.69 Å². The average molecular weight is 225 g/mol. The number of carbonyl (C=O) groups excluding carboxylic acids is 1. The molecular formula is C12H19NO3. The number of carbonyl (C=O) groups is 1. The van der Waals surface area contributed by atoms with E-state index in [9.17, 15) is 9.90 Å². The van der Waals surface area contributed by atoms with E-state index in [1.807, 2.05) is 34.6 Å². The van der Waals surface area contributed by atoms with E-state index in [4.69, 9.17) is 4.74 Å². The minimum Gasteiger partial charge on any atom is -0.443 e. The second-order valence-electron chi connectivity index (χ2n) is 4.89. The smallest absolute Gasteiger partial charge is 0.418 e. The van der Waals surface area contributed by atoms with Crippen molar-refractivity contribution in [1.29, 1.82) is 0 Å². The fraction of sp³-hybridized carbons (Fsp3) is 0.583. The van der Waals surface area contributed by atoms with Gasteiger partial charge in [0, 0.05) is 6.20 Å². The van der Waals surface area contributed by atoms with Gasteiger partial charge in [-0.05, 0) is 45.7 Å². The number of hydrogen-bond donors (Lipinski definition) is 1. The summed E-state index contributed by atoms with van der Waals surface area (Å²) in [6, 6.07) is 0. The zero-order valence-electron chi connectivity index (χ0n) is 10.5. The van der Waals surface area contributed by atoms with Crippen LogP contribution in [0.25, 0.3) is 0 Å². The number of hydrogen-bond acceptors (Lipinski definition) is 3. The highest BCUT2D eigenvalue weighted by Crippen LogP contribution is 2.18. The normalized spacial score (nSPS) is 11.6. The van der Waals surface area contributed by atoms with Crippen molar-refractivity contribution in [2.24, 2.45) is 0 Å². The molecule has 0 amide bonds. The molecule has 0 saturated carbocycles. The average Bonchev–Trinajstić information content (AvgIpc) is 2.40. The van der Waals surface area contributed by atoms with E-state index >= 15 is 0 Å². The standard InChI is InChI=1S/C12H19NO3/c1-8-6-13(10(7-14)9(8)2)11(15)16-12(3,4)5/h6,14H,7H2,1-5H3. The first-order valence-corrected chi connectivity index (χ1v) is 5.28. The van der Waals surface area contributed by atoms with Crippen LogP contribution in [-0.4, -0.2) is 21.4 Å². The Labute approximate surface area is 95.8 Å². The Bertz CT molecular complexity index is 399. The van der Waals surface area contributed by atoms with Gasteiger partial charge in [0.25, 0.3) is 0 Å². The summed E-state index contributed by atoms with van der Waals surface area (Å²) >= 11 is 0. The third-order valence-corrected chi connectivity index (χ3v) is 2.38. The van der Waals surface area contributed by atoms with Gasteiger partial charge in [0.1, 0.15) is 5.60 Å². The van der Waals surface area contributed by atoms with Crippen LogP contribution in [0.2, 0.25) is 0 Å². The molecule has 0 aliphatic heterocycles. The molecular weight excluding hydrogens is 206 g/mol. The molecule has 0 fully saturated rings. The number of aliphatic hydroxyl groups is 1. The molecule has 0 saturated heterocycles. The summed E-state index contributed by atoms with van der Waals surface area (Å²) in [7, 11) is 0. The summed E-state index contributed by atoms with van der Waals surface area (Å²) in [6.07, 6.45) is 1.24. The first kappa shape index (κ1) is 12.8. The van der Waals surface area contributed by atoms with Crippen molar-refractivity contribution in [3.63, 3.8) is 0 Å². The molecule has 0 unspecified atom stereocenters. The molecule has 1 N–H and O–H groups in total. The van der Waals surface area contributed by atoms with Gasteiger partial charge < -0.3 is 9.84 Å². The van der Waals surface area contributed by atoms with Crippen molar-refractivity contribution in [2.75, 3.05) is 0 Å². The highest BCUT2D eigenvalue weighted by Gasteiger charge is 2.21. The van der Waals surface area contributed by atoms with E-state index in [-0.39, 0.29) is 6.61 Å². The molecule has 0 radical (unpaired) electrons. The zero-order valence-corrected chi connectivity index (χ0v) is 10.5. The predicted molar refractivity (Wildman–Crippen MR) is 61.5 cm³/mol. The van der Waals surface area contributed by atoms with Crippen LogP contribution in [-0.2, 0) is 11.3 Å². The Kier molecular flexibility index (Phi) is 3.43. The maximum atomic E-state index is 11.8. The number of aryl methyl sites for hydroxylation is 1. The molecule has 0 aromatic carbocycles. The van der Waals surface area contributed by atoms with E-state index < -0.39 is 11.7 Å². The molecule has 0 spiro atoms. The second kappa shape index (κ2) is 4.29. The van der Waals surface area contributed by atoms with Gasteiger partial charge in [0.05, 0.1) is 12.3 Å². The molecule has 0 aliphatic carbocycles. The molecule has 1 aromatic rings. The van der Waals surface area contributed by atoms with Crippen LogP contribution < -0.4 is 0 Å². The minimum atomic E-state index is -0.532. The van der Waals surface area contributed by atoms with Gasteiger partial charge in [0.15, 0.2) is 0 Å². The minimum absolute atomic E-state index is 0.168. The first-order chi connectivity index (χ1) is 7.26. The molecule has 1 rings (SSSR count). The van der Waals surface area contributed by atoms with Crippen molar-refractivity contribution in [3.05, 3.63) is 23.0 Å². The number of aromatic nitrogens is 1. The fourth-order valence-corrected chi connectivity index (χ4v) is 1.45. The maximum Gasteiger partial charge on any atom is 0.418 e. The van der Waals surface area contributed by atoms with Crippen LogP contribution in [0.15, 0.2) is 6.20 Å². The summed E-state index contributed by atoms with van der Waals surface area (Å²) < 4.78 is 6.62. The van der Waals surface area contributed by atoms with Crippen molar-refractivity contribution in [1.82, 2.24) is 4.57 Å². The lowest BCUT2D eigenvalue weighted by atomic mass is 10.2. The molecule has 1 heterocycles. The SMILES string of the molecule is Cc1cn(C(=O)OC(C)(C)C)c(CO)c1C. The monoisotopic (exact) mass is 225 g/mol. The number of ether oxygens (including phenoxy) is 1. The van der Waals surface area contributed by atoms with E-state index in [1.165, 1.54) is 4.57 Å². The molecule has 0 aliphatic rings. The fourth-order valence-electron chi connectivity index (χ4n) is 1.45. The molecule has 90 valence electrons. The van der Waals surface area contributed by atoms with Gasteiger partial charge in [-0.25, -0.2) is 4.79 Å². The van der Waals surface area contributed by atoms with Crippen LogP contribution >= 0.6 is 0 Å². The van der Waals surface area contributed by atoms with Gasteiger partial charge in [-0.1, -0.05) is 0 Å². The molecule has 0 atom stereocenters. The van der Waals surface area contributed by atoms with Gasteiger partial charge in [0.2, 0.25) is 0 Å². The summed E-state index contributed by atoms with van der Waals surface area (Å²) in [5.41, 5.74) is 1.95.